The van der Waals surface area contributed by atoms with Crippen LogP contribution in [0.3, 0.4) is 0 Å². The van der Waals surface area contributed by atoms with E-state index < -0.39 is 0 Å². The molecule has 1 aromatic heterocycles. The number of amides is 2. The minimum atomic E-state index is -0.166. The van der Waals surface area contributed by atoms with Gasteiger partial charge < -0.3 is 10.6 Å². The molecule has 0 saturated heterocycles. The Hall–Kier alpha value is -1.85. The average molecular weight is 323 g/mol. The zero-order chi connectivity index (χ0) is 15.2. The molecule has 0 unspecified atom stereocenters. The molecule has 1 aromatic carbocycles. The zero-order valence-electron chi connectivity index (χ0n) is 11.5. The van der Waals surface area contributed by atoms with Gasteiger partial charge in [-0.15, -0.1) is 0 Å². The van der Waals surface area contributed by atoms with E-state index in [0.717, 1.165) is 5.56 Å². The van der Waals surface area contributed by atoms with Crippen molar-refractivity contribution >= 4 is 40.4 Å². The summed E-state index contributed by atoms with van der Waals surface area (Å²) in [6.45, 7) is 2.19. The Balaban J connectivity index is 1.77. The van der Waals surface area contributed by atoms with Crippen LogP contribution in [-0.2, 0) is 4.79 Å². The lowest BCUT2D eigenvalue weighted by molar-refractivity contribution is -0.116. The van der Waals surface area contributed by atoms with E-state index in [9.17, 15) is 9.59 Å². The summed E-state index contributed by atoms with van der Waals surface area (Å²) in [5, 5.41) is 9.66. The molecule has 4 nitrogen and oxygen atoms in total. The fraction of sp³-hybridized carbons (Fsp3) is 0.200. The number of hydrogen-bond donors (Lipinski definition) is 2. The van der Waals surface area contributed by atoms with Crippen molar-refractivity contribution in [3.05, 3.63) is 51.2 Å². The minimum Gasteiger partial charge on any atom is -0.351 e. The molecule has 0 radical (unpaired) electrons. The monoisotopic (exact) mass is 322 g/mol. The molecule has 110 valence electrons. The van der Waals surface area contributed by atoms with Gasteiger partial charge in [-0.25, -0.2) is 0 Å². The first kappa shape index (κ1) is 15.5. The Labute approximate surface area is 132 Å². The van der Waals surface area contributed by atoms with E-state index in [4.69, 9.17) is 11.6 Å². The smallest absolute Gasteiger partial charge is 0.252 e. The molecule has 0 atom stereocenters. The van der Waals surface area contributed by atoms with E-state index in [1.165, 1.54) is 11.3 Å². The molecule has 2 N–H and O–H groups in total. The predicted octanol–water partition coefficient (Wildman–Crippen LogP) is 3.47. The van der Waals surface area contributed by atoms with Crippen LogP contribution in [0.1, 0.15) is 22.3 Å². The summed E-state index contributed by atoms with van der Waals surface area (Å²) in [7, 11) is 0. The number of anilines is 1. The third-order valence-electron chi connectivity index (χ3n) is 2.88. The van der Waals surface area contributed by atoms with Crippen LogP contribution in [0.4, 0.5) is 5.69 Å². The topological polar surface area (TPSA) is 58.2 Å². The van der Waals surface area contributed by atoms with Crippen LogP contribution in [0, 0.1) is 6.92 Å². The second-order valence-corrected chi connectivity index (χ2v) is 5.72. The third kappa shape index (κ3) is 4.58. The van der Waals surface area contributed by atoms with E-state index >= 15 is 0 Å². The highest BCUT2D eigenvalue weighted by Crippen LogP contribution is 2.19. The summed E-state index contributed by atoms with van der Waals surface area (Å²) in [4.78, 5) is 23.4. The van der Waals surface area contributed by atoms with Gasteiger partial charge in [0.1, 0.15) is 0 Å². The number of nitrogens with one attached hydrogen (secondary N) is 2. The van der Waals surface area contributed by atoms with Gasteiger partial charge in [-0.05, 0) is 36.1 Å². The number of hydrogen-bond acceptors (Lipinski definition) is 3. The van der Waals surface area contributed by atoms with Gasteiger partial charge in [0.2, 0.25) is 5.91 Å². The molecule has 0 aliphatic carbocycles. The number of rotatable bonds is 5. The number of halogens is 1. The highest BCUT2D eigenvalue weighted by Gasteiger charge is 2.07. The van der Waals surface area contributed by atoms with Gasteiger partial charge in [0.05, 0.1) is 0 Å². The maximum Gasteiger partial charge on any atom is 0.252 e. The Morgan fingerprint density at radius 2 is 2.10 bits per heavy atom. The molecule has 2 rings (SSSR count). The van der Waals surface area contributed by atoms with Crippen molar-refractivity contribution in [1.82, 2.24) is 5.32 Å². The summed E-state index contributed by atoms with van der Waals surface area (Å²) in [6, 6.07) is 7.09. The minimum absolute atomic E-state index is 0.164. The summed E-state index contributed by atoms with van der Waals surface area (Å²) in [6.07, 6.45) is 0.210. The van der Waals surface area contributed by atoms with E-state index in [1.807, 2.05) is 18.4 Å². The zero-order valence-corrected chi connectivity index (χ0v) is 13.1. The molecule has 1 heterocycles. The predicted molar refractivity (Wildman–Crippen MR) is 86.1 cm³/mol. The average Bonchev–Trinajstić information content (AvgIpc) is 2.97. The van der Waals surface area contributed by atoms with Crippen LogP contribution in [0.25, 0.3) is 0 Å². The van der Waals surface area contributed by atoms with Crippen LogP contribution in [0.15, 0.2) is 35.0 Å². The van der Waals surface area contributed by atoms with E-state index in [2.05, 4.69) is 10.6 Å². The van der Waals surface area contributed by atoms with Crippen molar-refractivity contribution in [3.8, 4) is 0 Å². The quantitative estimate of drug-likeness (QED) is 0.885. The molecule has 0 saturated carbocycles. The van der Waals surface area contributed by atoms with Crippen LogP contribution in [0.2, 0.25) is 5.02 Å². The first-order valence-electron chi connectivity index (χ1n) is 6.42. The number of carbonyl (C=O) groups is 2. The second kappa shape index (κ2) is 7.24. The molecule has 2 amide bonds. The molecule has 6 heteroatoms. The lowest BCUT2D eigenvalue weighted by Crippen LogP contribution is -2.27. The van der Waals surface area contributed by atoms with Gasteiger partial charge >= 0.3 is 0 Å². The summed E-state index contributed by atoms with van der Waals surface area (Å²) in [5.74, 6) is -0.331. The first-order valence-corrected chi connectivity index (χ1v) is 7.75. The van der Waals surface area contributed by atoms with Crippen molar-refractivity contribution in [2.45, 2.75) is 13.3 Å². The Morgan fingerprint density at radius 3 is 2.76 bits per heavy atom. The van der Waals surface area contributed by atoms with Crippen molar-refractivity contribution in [2.24, 2.45) is 0 Å². The number of aryl methyl sites for hydroxylation is 1. The molecule has 2 aromatic rings. The lowest BCUT2D eigenvalue weighted by atomic mass is 10.2. The first-order chi connectivity index (χ1) is 10.1. The highest BCUT2D eigenvalue weighted by molar-refractivity contribution is 7.08. The number of benzene rings is 1. The molecule has 0 aliphatic rings. The van der Waals surface area contributed by atoms with Gasteiger partial charge in [0.25, 0.3) is 5.91 Å². The largest absolute Gasteiger partial charge is 0.351 e. The normalized spacial score (nSPS) is 10.2. The Bertz CT molecular complexity index is 641. The van der Waals surface area contributed by atoms with Crippen molar-refractivity contribution in [3.63, 3.8) is 0 Å². The van der Waals surface area contributed by atoms with Gasteiger partial charge in [0, 0.05) is 34.6 Å². The molecule has 0 aliphatic heterocycles. The molecular formula is C15H15ClN2O2S. The van der Waals surface area contributed by atoms with Crippen LogP contribution < -0.4 is 10.6 Å². The lowest BCUT2D eigenvalue weighted by Gasteiger charge is -2.07. The number of thiophene rings is 1. The van der Waals surface area contributed by atoms with Gasteiger partial charge in [-0.3, -0.25) is 9.59 Å². The maximum absolute atomic E-state index is 11.8. The molecule has 0 spiro atoms. The van der Waals surface area contributed by atoms with Crippen LogP contribution in [-0.4, -0.2) is 18.4 Å². The Morgan fingerprint density at radius 1 is 1.29 bits per heavy atom. The molecular weight excluding hydrogens is 308 g/mol. The van der Waals surface area contributed by atoms with E-state index in [0.29, 0.717) is 22.8 Å². The maximum atomic E-state index is 11.8. The fourth-order valence-corrected chi connectivity index (χ4v) is 2.50. The van der Waals surface area contributed by atoms with Crippen LogP contribution in [0.5, 0.6) is 0 Å². The second-order valence-electron chi connectivity index (χ2n) is 4.53. The number of carbonyl (C=O) groups excluding carboxylic acids is 2. The van der Waals surface area contributed by atoms with Crippen molar-refractivity contribution in [2.75, 3.05) is 11.9 Å². The van der Waals surface area contributed by atoms with Gasteiger partial charge in [-0.2, -0.15) is 11.3 Å². The summed E-state index contributed by atoms with van der Waals surface area (Å²) in [5.41, 5.74) is 2.23. The Kier molecular flexibility index (Phi) is 5.36. The summed E-state index contributed by atoms with van der Waals surface area (Å²) >= 11 is 7.45. The van der Waals surface area contributed by atoms with E-state index in [-0.39, 0.29) is 18.2 Å². The van der Waals surface area contributed by atoms with Crippen molar-refractivity contribution < 1.29 is 9.59 Å². The molecule has 0 fully saturated rings. The van der Waals surface area contributed by atoms with Crippen molar-refractivity contribution in [1.29, 1.82) is 0 Å². The summed E-state index contributed by atoms with van der Waals surface area (Å²) < 4.78 is 0. The van der Waals surface area contributed by atoms with Gasteiger partial charge in [-0.1, -0.05) is 17.7 Å². The van der Waals surface area contributed by atoms with Gasteiger partial charge in [0.15, 0.2) is 0 Å². The highest BCUT2D eigenvalue weighted by atomic mass is 35.5. The van der Waals surface area contributed by atoms with E-state index in [1.54, 1.807) is 23.6 Å². The fourth-order valence-electron chi connectivity index (χ4n) is 1.68. The molecule has 0 bridgehead atoms. The molecule has 21 heavy (non-hydrogen) atoms. The SMILES string of the molecule is Cc1ccc(NC(=O)CCNC(=O)c2ccsc2)cc1Cl. The third-order valence-corrected chi connectivity index (χ3v) is 3.97. The van der Waals surface area contributed by atoms with Crippen LogP contribution >= 0.6 is 22.9 Å². The standard InChI is InChI=1S/C15H15ClN2O2S/c1-10-2-3-12(8-13(10)16)18-14(19)4-6-17-15(20)11-5-7-21-9-11/h2-3,5,7-9H,4,6H2,1H3,(H,17,20)(H,18,19).